The molecule has 1 saturated heterocycles. The molecule has 2 aromatic heterocycles. The van der Waals surface area contributed by atoms with Crippen molar-refractivity contribution in [2.24, 2.45) is 0 Å². The van der Waals surface area contributed by atoms with Gasteiger partial charge in [0.05, 0.1) is 23.8 Å². The molecule has 1 fully saturated rings. The summed E-state index contributed by atoms with van der Waals surface area (Å²) in [4.78, 5) is 59.3. The Hall–Kier alpha value is -5.87. The molecule has 0 bridgehead atoms. The highest BCUT2D eigenvalue weighted by molar-refractivity contribution is 7.90. The molecule has 15 nitrogen and oxygen atoms in total. The SMILES string of the molecule is COc1nn([C@@H]2O[C@H](COC(=O)c3ccccc3)[C@@H](OC(=O)c3ccccc3)[C@H]2OC(=O)c2ccccc2)c2nc(S(C)(=O)=O)[nH]c(=O)c12. The van der Waals surface area contributed by atoms with Gasteiger partial charge in [0.15, 0.2) is 24.1 Å². The molecular weight excluding hydrogens is 660 g/mol. The lowest BCUT2D eigenvalue weighted by Crippen LogP contribution is -2.41. The predicted molar refractivity (Wildman–Crippen MR) is 170 cm³/mol. The molecule has 0 amide bonds. The summed E-state index contributed by atoms with van der Waals surface area (Å²) in [6, 6.07) is 24.0. The van der Waals surface area contributed by atoms with Crippen LogP contribution in [0.3, 0.4) is 0 Å². The maximum absolute atomic E-state index is 13.5. The van der Waals surface area contributed by atoms with Gasteiger partial charge in [0.1, 0.15) is 18.1 Å². The Bertz CT molecular complexity index is 2170. The van der Waals surface area contributed by atoms with Crippen molar-refractivity contribution in [2.45, 2.75) is 29.7 Å². The lowest BCUT2D eigenvalue weighted by Gasteiger charge is -2.24. The van der Waals surface area contributed by atoms with E-state index in [9.17, 15) is 27.6 Å². The van der Waals surface area contributed by atoms with Crippen LogP contribution in [-0.4, -0.2) is 84.4 Å². The fraction of sp³-hybridized carbons (Fsp3) is 0.212. The third kappa shape index (κ3) is 6.90. The fourth-order valence-corrected chi connectivity index (χ4v) is 5.68. The summed E-state index contributed by atoms with van der Waals surface area (Å²) in [5, 5.41) is 3.40. The number of methoxy groups -OCH3 is 1. The van der Waals surface area contributed by atoms with Crippen LogP contribution in [0.2, 0.25) is 0 Å². The lowest BCUT2D eigenvalue weighted by molar-refractivity contribution is -0.0657. The van der Waals surface area contributed by atoms with Gasteiger partial charge in [0.2, 0.25) is 20.9 Å². The Morgan fingerprint density at radius 3 is 1.84 bits per heavy atom. The molecule has 5 aromatic rings. The van der Waals surface area contributed by atoms with Crippen molar-refractivity contribution in [3.05, 3.63) is 118 Å². The van der Waals surface area contributed by atoms with Crippen LogP contribution >= 0.6 is 0 Å². The second-order valence-electron chi connectivity index (χ2n) is 10.8. The maximum atomic E-state index is 13.5. The molecule has 252 valence electrons. The summed E-state index contributed by atoms with van der Waals surface area (Å²) in [5.41, 5.74) is -0.644. The first-order chi connectivity index (χ1) is 23.5. The van der Waals surface area contributed by atoms with Crippen molar-refractivity contribution < 1.29 is 46.5 Å². The number of hydrogen-bond donors (Lipinski definition) is 1. The second kappa shape index (κ2) is 13.7. The number of esters is 3. The summed E-state index contributed by atoms with van der Waals surface area (Å²) in [6.45, 7) is -0.491. The molecule has 4 atom stereocenters. The summed E-state index contributed by atoms with van der Waals surface area (Å²) in [6.07, 6.45) is -4.90. The van der Waals surface area contributed by atoms with Crippen LogP contribution in [0.1, 0.15) is 37.3 Å². The summed E-state index contributed by atoms with van der Waals surface area (Å²) >= 11 is 0. The van der Waals surface area contributed by atoms with Crippen molar-refractivity contribution in [3.8, 4) is 5.88 Å². The van der Waals surface area contributed by atoms with E-state index in [1.165, 1.54) is 31.4 Å². The minimum atomic E-state index is -4.04. The number of nitrogens with one attached hydrogen (secondary N) is 1. The van der Waals surface area contributed by atoms with Gasteiger partial charge in [-0.1, -0.05) is 54.6 Å². The monoisotopic (exact) mass is 688 g/mol. The molecule has 3 aromatic carbocycles. The van der Waals surface area contributed by atoms with Crippen LogP contribution < -0.4 is 10.3 Å². The van der Waals surface area contributed by atoms with Crippen LogP contribution in [0.25, 0.3) is 11.0 Å². The first-order valence-electron chi connectivity index (χ1n) is 14.7. The summed E-state index contributed by atoms with van der Waals surface area (Å²) < 4.78 is 54.8. The molecule has 0 saturated carbocycles. The number of carbonyl (C=O) groups is 3. The quantitative estimate of drug-likeness (QED) is 0.128. The van der Waals surface area contributed by atoms with Crippen molar-refractivity contribution in [1.82, 2.24) is 19.7 Å². The Balaban J connectivity index is 1.47. The highest BCUT2D eigenvalue weighted by Crippen LogP contribution is 2.37. The van der Waals surface area contributed by atoms with E-state index in [2.05, 4.69) is 15.1 Å². The van der Waals surface area contributed by atoms with Crippen molar-refractivity contribution in [1.29, 1.82) is 0 Å². The van der Waals surface area contributed by atoms with Gasteiger partial charge >= 0.3 is 17.9 Å². The van der Waals surface area contributed by atoms with Gasteiger partial charge in [-0.2, -0.15) is 4.98 Å². The van der Waals surface area contributed by atoms with Gasteiger partial charge in [0, 0.05) is 6.26 Å². The van der Waals surface area contributed by atoms with E-state index in [4.69, 9.17) is 23.7 Å². The maximum Gasteiger partial charge on any atom is 0.338 e. The Labute approximate surface area is 278 Å². The number of rotatable bonds is 10. The minimum absolute atomic E-state index is 0.144. The highest BCUT2D eigenvalue weighted by Gasteiger charge is 2.52. The highest BCUT2D eigenvalue weighted by atomic mass is 32.2. The van der Waals surface area contributed by atoms with Gasteiger partial charge < -0.3 is 23.7 Å². The number of H-pyrrole nitrogens is 1. The third-order valence-corrected chi connectivity index (χ3v) is 8.37. The standard InChI is InChI=1S/C33H28N4O11S/c1-44-28-23-26(34-33(35-27(23)38)49(2,42)43)37(36-28)29-25(48-32(41)21-16-10-5-11-17-21)24(47-31(40)20-14-8-4-9-15-20)22(46-29)18-45-30(39)19-12-6-3-7-13-19/h3-17,22,24-25,29H,18H2,1-2H3,(H,34,35,38)/t22-,24-,25-,29-/m1/s1. The largest absolute Gasteiger partial charge is 0.479 e. The molecule has 0 aliphatic carbocycles. The van der Waals surface area contributed by atoms with Crippen molar-refractivity contribution in [3.63, 3.8) is 0 Å². The molecule has 6 rings (SSSR count). The van der Waals surface area contributed by atoms with E-state index >= 15 is 0 Å². The number of ether oxygens (including phenoxy) is 5. The molecule has 1 aliphatic heterocycles. The van der Waals surface area contributed by atoms with Gasteiger partial charge in [-0.25, -0.2) is 27.5 Å². The molecule has 0 unspecified atom stereocenters. The lowest BCUT2D eigenvalue weighted by atomic mass is 10.1. The average Bonchev–Trinajstić information content (AvgIpc) is 3.65. The molecule has 1 N–H and O–H groups in total. The molecule has 49 heavy (non-hydrogen) atoms. The zero-order valence-corrected chi connectivity index (χ0v) is 26.7. The number of fused-ring (bicyclic) bond motifs is 1. The number of hydrogen-bond acceptors (Lipinski definition) is 13. The van der Waals surface area contributed by atoms with E-state index in [-0.39, 0.29) is 33.6 Å². The molecule has 1 aliphatic rings. The molecule has 0 radical (unpaired) electrons. The van der Waals surface area contributed by atoms with Gasteiger partial charge in [0.25, 0.3) is 5.56 Å². The van der Waals surface area contributed by atoms with Crippen LogP contribution in [0.5, 0.6) is 5.88 Å². The molecule has 3 heterocycles. The topological polar surface area (TPSA) is 195 Å². The van der Waals surface area contributed by atoms with Gasteiger partial charge in [-0.3, -0.25) is 9.78 Å². The first-order valence-corrected chi connectivity index (χ1v) is 16.6. The van der Waals surface area contributed by atoms with Crippen LogP contribution in [0.15, 0.2) is 101 Å². The summed E-state index contributed by atoms with van der Waals surface area (Å²) in [7, 11) is -2.81. The molecule has 16 heteroatoms. The Morgan fingerprint density at radius 2 is 1.33 bits per heavy atom. The minimum Gasteiger partial charge on any atom is -0.479 e. The van der Waals surface area contributed by atoms with E-state index < -0.39 is 69.6 Å². The number of aromatic nitrogens is 4. The zero-order chi connectivity index (χ0) is 34.7. The second-order valence-corrected chi connectivity index (χ2v) is 12.7. The van der Waals surface area contributed by atoms with Crippen molar-refractivity contribution in [2.75, 3.05) is 20.0 Å². The number of nitrogens with zero attached hydrogens (tertiary/aromatic N) is 3. The molecular formula is C33H28N4O11S. The average molecular weight is 689 g/mol. The normalized spacial score (nSPS) is 18.9. The van der Waals surface area contributed by atoms with Gasteiger partial charge in [-0.15, -0.1) is 5.10 Å². The number of sulfone groups is 1. The van der Waals surface area contributed by atoms with Crippen LogP contribution in [0, 0.1) is 0 Å². The molecule has 0 spiro atoms. The number of carbonyl (C=O) groups excluding carboxylic acids is 3. The van der Waals surface area contributed by atoms with E-state index in [1.54, 1.807) is 66.7 Å². The van der Waals surface area contributed by atoms with E-state index in [1.807, 2.05) is 0 Å². The summed E-state index contributed by atoms with van der Waals surface area (Å²) in [5.74, 6) is -2.62. The van der Waals surface area contributed by atoms with Crippen LogP contribution in [0.4, 0.5) is 0 Å². The van der Waals surface area contributed by atoms with Gasteiger partial charge in [-0.05, 0) is 36.4 Å². The zero-order valence-electron chi connectivity index (χ0n) is 25.9. The van der Waals surface area contributed by atoms with Crippen molar-refractivity contribution >= 4 is 38.8 Å². The fourth-order valence-electron chi connectivity index (χ4n) is 5.14. The first kappa shape index (κ1) is 33.0. The van der Waals surface area contributed by atoms with E-state index in [0.29, 0.717) is 0 Å². The van der Waals surface area contributed by atoms with Crippen LogP contribution in [-0.2, 0) is 28.8 Å². The predicted octanol–water partition coefficient (Wildman–Crippen LogP) is 2.74. The smallest absolute Gasteiger partial charge is 0.338 e. The third-order valence-electron chi connectivity index (χ3n) is 7.47. The van der Waals surface area contributed by atoms with E-state index in [0.717, 1.165) is 10.9 Å². The number of benzene rings is 3. The Morgan fingerprint density at radius 1 is 0.816 bits per heavy atom. The Kier molecular flexibility index (Phi) is 9.24. The number of aromatic amines is 1.